The summed E-state index contributed by atoms with van der Waals surface area (Å²) < 4.78 is 6.31. The Labute approximate surface area is 193 Å². The van der Waals surface area contributed by atoms with Gasteiger partial charge in [0.25, 0.3) is 0 Å². The molecule has 176 valence electrons. The van der Waals surface area contributed by atoms with E-state index in [2.05, 4.69) is 53.7 Å². The maximum Gasteiger partial charge on any atom is 0.0638 e. The van der Waals surface area contributed by atoms with E-state index in [1.165, 1.54) is 57.8 Å². The predicted molar refractivity (Wildman–Crippen MR) is 131 cm³/mol. The molecular weight excluding hydrogens is 376 g/mol. The molecule has 0 aromatic heterocycles. The van der Waals surface area contributed by atoms with Crippen molar-refractivity contribution >= 4 is 0 Å². The molecule has 0 aliphatic heterocycles. The lowest BCUT2D eigenvalue weighted by Gasteiger charge is -2.61. The highest BCUT2D eigenvalue weighted by Crippen LogP contribution is 2.82. The zero-order chi connectivity index (χ0) is 22.2. The minimum absolute atomic E-state index is 0.543. The van der Waals surface area contributed by atoms with Gasteiger partial charge < -0.3 is 4.74 Å². The molecule has 1 nitrogen and oxygen atoms in total. The average molecular weight is 427 g/mol. The van der Waals surface area contributed by atoms with Crippen molar-refractivity contribution in [3.63, 3.8) is 0 Å². The Morgan fingerprint density at radius 2 is 1.74 bits per heavy atom. The molecular formula is C30H50O. The monoisotopic (exact) mass is 426 g/mol. The maximum absolute atomic E-state index is 6.31. The summed E-state index contributed by atoms with van der Waals surface area (Å²) in [5.74, 6) is 6.92. The molecule has 5 rings (SSSR count). The number of rotatable bonds is 6. The van der Waals surface area contributed by atoms with Gasteiger partial charge in [-0.05, 0) is 116 Å². The van der Waals surface area contributed by atoms with Gasteiger partial charge in [0.05, 0.1) is 6.10 Å². The summed E-state index contributed by atoms with van der Waals surface area (Å²) >= 11 is 0. The fourth-order valence-electron chi connectivity index (χ4n) is 10.8. The third kappa shape index (κ3) is 2.96. The molecule has 5 fully saturated rings. The van der Waals surface area contributed by atoms with Gasteiger partial charge in [0.15, 0.2) is 0 Å². The molecule has 0 aromatic carbocycles. The molecule has 8 unspecified atom stereocenters. The van der Waals surface area contributed by atoms with Gasteiger partial charge in [-0.2, -0.15) is 0 Å². The third-order valence-electron chi connectivity index (χ3n) is 12.5. The SMILES string of the molecule is CCC(/C=C/C(C)C1CCC2C3CC(OC)[C@]45CC4CC[C@]5(C)C3CC[C@]12C)C(C)C. The first-order chi connectivity index (χ1) is 14.7. The van der Waals surface area contributed by atoms with Crippen LogP contribution in [-0.2, 0) is 4.74 Å². The molecule has 31 heavy (non-hydrogen) atoms. The fourth-order valence-corrected chi connectivity index (χ4v) is 10.8. The van der Waals surface area contributed by atoms with Crippen LogP contribution in [0.4, 0.5) is 0 Å². The first-order valence-electron chi connectivity index (χ1n) is 13.9. The average Bonchev–Trinajstić information content (AvgIpc) is 3.24. The van der Waals surface area contributed by atoms with Gasteiger partial charge in [-0.3, -0.25) is 0 Å². The van der Waals surface area contributed by atoms with E-state index in [-0.39, 0.29) is 0 Å². The number of hydrogen-bond acceptors (Lipinski definition) is 1. The molecule has 0 heterocycles. The predicted octanol–water partition coefficient (Wildman–Crippen LogP) is 8.14. The van der Waals surface area contributed by atoms with Crippen LogP contribution < -0.4 is 0 Å². The summed E-state index contributed by atoms with van der Waals surface area (Å²) in [7, 11) is 2.03. The zero-order valence-corrected chi connectivity index (χ0v) is 21.6. The molecule has 5 aliphatic carbocycles. The minimum Gasteiger partial charge on any atom is -0.381 e. The van der Waals surface area contributed by atoms with E-state index in [1.54, 1.807) is 0 Å². The lowest BCUT2D eigenvalue weighted by atomic mass is 9.45. The number of fused-ring (bicyclic) bond motifs is 4. The van der Waals surface area contributed by atoms with E-state index in [0.717, 1.165) is 47.3 Å². The summed E-state index contributed by atoms with van der Waals surface area (Å²) in [5.41, 5.74) is 1.68. The molecule has 1 spiro atoms. The smallest absolute Gasteiger partial charge is 0.0638 e. The van der Waals surface area contributed by atoms with E-state index < -0.39 is 0 Å². The second kappa shape index (κ2) is 7.61. The summed E-state index contributed by atoms with van der Waals surface area (Å²) in [6.07, 6.45) is 18.7. The number of ether oxygens (including phenoxy) is 1. The maximum atomic E-state index is 6.31. The molecule has 5 aliphatic rings. The van der Waals surface area contributed by atoms with Crippen LogP contribution in [0.3, 0.4) is 0 Å². The topological polar surface area (TPSA) is 9.23 Å². The summed E-state index contributed by atoms with van der Waals surface area (Å²) in [5, 5.41) is 0. The van der Waals surface area contributed by atoms with Gasteiger partial charge in [-0.1, -0.05) is 53.7 Å². The second-order valence-corrected chi connectivity index (χ2v) is 13.5. The van der Waals surface area contributed by atoms with Crippen molar-refractivity contribution in [2.24, 2.45) is 63.6 Å². The van der Waals surface area contributed by atoms with Gasteiger partial charge in [0.2, 0.25) is 0 Å². The third-order valence-corrected chi connectivity index (χ3v) is 12.5. The van der Waals surface area contributed by atoms with Crippen molar-refractivity contribution in [2.75, 3.05) is 7.11 Å². The van der Waals surface area contributed by atoms with Crippen molar-refractivity contribution < 1.29 is 4.74 Å². The van der Waals surface area contributed by atoms with E-state index in [4.69, 9.17) is 4.74 Å². The minimum atomic E-state index is 0.543. The summed E-state index contributed by atoms with van der Waals surface area (Å²) in [4.78, 5) is 0. The molecule has 11 atom stereocenters. The Kier molecular flexibility index (Phi) is 5.52. The number of hydrogen-bond donors (Lipinski definition) is 0. The molecule has 1 heteroatoms. The quantitative estimate of drug-likeness (QED) is 0.389. The lowest BCUT2D eigenvalue weighted by Crippen LogP contribution is -2.57. The largest absolute Gasteiger partial charge is 0.381 e. The Morgan fingerprint density at radius 1 is 0.968 bits per heavy atom. The van der Waals surface area contributed by atoms with Crippen LogP contribution in [-0.4, -0.2) is 13.2 Å². The Hall–Kier alpha value is -0.300. The number of allylic oxidation sites excluding steroid dienone is 2. The highest BCUT2D eigenvalue weighted by Gasteiger charge is 2.77. The Balaban J connectivity index is 1.37. The van der Waals surface area contributed by atoms with E-state index in [0.29, 0.717) is 22.3 Å². The van der Waals surface area contributed by atoms with Crippen LogP contribution in [0.2, 0.25) is 0 Å². The van der Waals surface area contributed by atoms with Crippen LogP contribution in [0.25, 0.3) is 0 Å². The molecule has 5 saturated carbocycles. The van der Waals surface area contributed by atoms with Crippen molar-refractivity contribution in [3.05, 3.63) is 12.2 Å². The van der Waals surface area contributed by atoms with Crippen LogP contribution in [0.5, 0.6) is 0 Å². The molecule has 0 amide bonds. The van der Waals surface area contributed by atoms with E-state index in [9.17, 15) is 0 Å². The Morgan fingerprint density at radius 3 is 2.39 bits per heavy atom. The molecule has 0 bridgehead atoms. The highest BCUT2D eigenvalue weighted by molar-refractivity contribution is 5.26. The molecule has 0 radical (unpaired) electrons. The van der Waals surface area contributed by atoms with E-state index >= 15 is 0 Å². The van der Waals surface area contributed by atoms with Crippen molar-refractivity contribution in [1.82, 2.24) is 0 Å². The normalized spacial score (nSPS) is 52.5. The van der Waals surface area contributed by atoms with Crippen molar-refractivity contribution in [2.45, 2.75) is 105 Å². The van der Waals surface area contributed by atoms with E-state index in [1.807, 2.05) is 7.11 Å². The lowest BCUT2D eigenvalue weighted by molar-refractivity contribution is -0.160. The standard InChI is InChI=1S/C30H50O/c1-8-21(19(2)3)10-9-20(4)24-11-12-25-23-17-27(31-7)30-18-22(30)13-16-29(30,6)26(23)14-15-28(24,25)5/h9-10,19-27H,8,11-18H2,1-7H3/b10-9+/t20?,21?,22?,23?,24?,25?,26?,27?,28-,29-,30+/m1/s1. The fraction of sp³-hybridized carbons (Fsp3) is 0.933. The van der Waals surface area contributed by atoms with Gasteiger partial charge >= 0.3 is 0 Å². The van der Waals surface area contributed by atoms with Gasteiger partial charge in [0.1, 0.15) is 0 Å². The van der Waals surface area contributed by atoms with Crippen molar-refractivity contribution in [1.29, 1.82) is 0 Å². The number of methoxy groups -OCH3 is 1. The zero-order valence-electron chi connectivity index (χ0n) is 21.6. The summed E-state index contributed by atoms with van der Waals surface area (Å²) in [6, 6.07) is 0. The highest BCUT2D eigenvalue weighted by atomic mass is 16.5. The van der Waals surface area contributed by atoms with Crippen molar-refractivity contribution in [3.8, 4) is 0 Å². The summed E-state index contributed by atoms with van der Waals surface area (Å²) in [6.45, 7) is 15.1. The molecule has 0 saturated heterocycles. The van der Waals surface area contributed by atoms with Gasteiger partial charge in [0, 0.05) is 12.5 Å². The van der Waals surface area contributed by atoms with Gasteiger partial charge in [-0.25, -0.2) is 0 Å². The first-order valence-corrected chi connectivity index (χ1v) is 13.9. The van der Waals surface area contributed by atoms with Gasteiger partial charge in [-0.15, -0.1) is 0 Å². The van der Waals surface area contributed by atoms with Crippen LogP contribution in [0.15, 0.2) is 12.2 Å². The first kappa shape index (κ1) is 22.5. The Bertz CT molecular complexity index is 709. The molecule has 0 N–H and O–H groups in total. The van der Waals surface area contributed by atoms with Crippen LogP contribution in [0, 0.1) is 63.6 Å². The second-order valence-electron chi connectivity index (χ2n) is 13.5. The van der Waals surface area contributed by atoms with Crippen LogP contribution >= 0.6 is 0 Å². The van der Waals surface area contributed by atoms with Crippen LogP contribution in [0.1, 0.15) is 99.3 Å². The molecule has 0 aromatic rings.